The topological polar surface area (TPSA) is 75.6 Å². The predicted molar refractivity (Wildman–Crippen MR) is 71.3 cm³/mol. The van der Waals surface area contributed by atoms with Crippen LogP contribution in [-0.4, -0.2) is 29.1 Å². The number of hydrogen-bond acceptors (Lipinski definition) is 3. The first kappa shape index (κ1) is 15.0. The van der Waals surface area contributed by atoms with Gasteiger partial charge in [-0.3, -0.25) is 4.79 Å². The van der Waals surface area contributed by atoms with Crippen molar-refractivity contribution in [3.8, 4) is 5.75 Å². The second-order valence-electron chi connectivity index (χ2n) is 5.09. The monoisotopic (exact) mass is 265 g/mol. The predicted octanol–water partition coefficient (Wildman–Crippen LogP) is 1.66. The fourth-order valence-corrected chi connectivity index (χ4v) is 1.60. The van der Waals surface area contributed by atoms with Gasteiger partial charge in [-0.15, -0.1) is 0 Å². The van der Waals surface area contributed by atoms with Gasteiger partial charge in [0.05, 0.1) is 0 Å². The van der Waals surface area contributed by atoms with E-state index in [1.807, 2.05) is 32.0 Å². The standard InChI is InChI=1S/C14H19NO4/c1-9-5-10(2)7-11(6-9)19-8-12(16)15-14(3,4)13(17)18/h5-7H,8H2,1-4H3,(H,15,16)(H,17,18). The highest BCUT2D eigenvalue weighted by Gasteiger charge is 2.28. The van der Waals surface area contributed by atoms with Crippen LogP contribution in [-0.2, 0) is 9.59 Å². The lowest BCUT2D eigenvalue weighted by Gasteiger charge is -2.21. The summed E-state index contributed by atoms with van der Waals surface area (Å²) in [5, 5.41) is 11.3. The Morgan fingerprint density at radius 2 is 1.74 bits per heavy atom. The smallest absolute Gasteiger partial charge is 0.328 e. The van der Waals surface area contributed by atoms with Crippen molar-refractivity contribution in [2.45, 2.75) is 33.2 Å². The number of rotatable bonds is 5. The van der Waals surface area contributed by atoms with Crippen LogP contribution in [0, 0.1) is 13.8 Å². The molecule has 0 saturated carbocycles. The summed E-state index contributed by atoms with van der Waals surface area (Å²) >= 11 is 0. The van der Waals surface area contributed by atoms with Gasteiger partial charge in [-0.25, -0.2) is 4.79 Å². The third kappa shape index (κ3) is 4.62. The van der Waals surface area contributed by atoms with Gasteiger partial charge in [-0.1, -0.05) is 6.07 Å². The van der Waals surface area contributed by atoms with Crippen molar-refractivity contribution < 1.29 is 19.4 Å². The number of carboxylic acids is 1. The Hall–Kier alpha value is -2.04. The van der Waals surface area contributed by atoms with Gasteiger partial charge >= 0.3 is 5.97 Å². The van der Waals surface area contributed by atoms with Crippen molar-refractivity contribution in [3.63, 3.8) is 0 Å². The normalized spacial score (nSPS) is 10.9. The fraction of sp³-hybridized carbons (Fsp3) is 0.429. The van der Waals surface area contributed by atoms with E-state index >= 15 is 0 Å². The van der Waals surface area contributed by atoms with Gasteiger partial charge in [0.25, 0.3) is 5.91 Å². The maximum absolute atomic E-state index is 11.6. The number of nitrogens with one attached hydrogen (secondary N) is 1. The molecule has 1 rings (SSSR count). The average Bonchev–Trinajstić information content (AvgIpc) is 2.24. The van der Waals surface area contributed by atoms with Crippen molar-refractivity contribution in [1.29, 1.82) is 0 Å². The molecule has 1 aromatic carbocycles. The van der Waals surface area contributed by atoms with Crippen LogP contribution >= 0.6 is 0 Å². The second-order valence-corrected chi connectivity index (χ2v) is 5.09. The van der Waals surface area contributed by atoms with Gasteiger partial charge in [0.15, 0.2) is 6.61 Å². The molecular weight excluding hydrogens is 246 g/mol. The van der Waals surface area contributed by atoms with Crippen molar-refractivity contribution in [2.75, 3.05) is 6.61 Å². The highest BCUT2D eigenvalue weighted by atomic mass is 16.5. The van der Waals surface area contributed by atoms with Crippen LogP contribution in [0.4, 0.5) is 0 Å². The molecule has 0 aliphatic carbocycles. The van der Waals surface area contributed by atoms with Crippen LogP contribution in [0.1, 0.15) is 25.0 Å². The molecule has 0 heterocycles. The number of hydrogen-bond donors (Lipinski definition) is 2. The maximum atomic E-state index is 11.6. The summed E-state index contributed by atoms with van der Waals surface area (Å²) in [7, 11) is 0. The Kier molecular flexibility index (Phi) is 4.53. The summed E-state index contributed by atoms with van der Waals surface area (Å²) in [6.45, 7) is 6.51. The molecule has 0 fully saturated rings. The lowest BCUT2D eigenvalue weighted by Crippen LogP contribution is -2.51. The van der Waals surface area contributed by atoms with Crippen molar-refractivity contribution >= 4 is 11.9 Å². The quantitative estimate of drug-likeness (QED) is 0.849. The number of aryl methyl sites for hydroxylation is 2. The van der Waals surface area contributed by atoms with E-state index in [9.17, 15) is 9.59 Å². The zero-order valence-electron chi connectivity index (χ0n) is 11.6. The van der Waals surface area contributed by atoms with E-state index in [2.05, 4.69) is 5.32 Å². The average molecular weight is 265 g/mol. The minimum absolute atomic E-state index is 0.209. The molecule has 0 aliphatic heterocycles. The van der Waals surface area contributed by atoms with E-state index in [1.165, 1.54) is 13.8 Å². The number of benzene rings is 1. The first-order chi connectivity index (χ1) is 8.70. The molecule has 0 bridgehead atoms. The SMILES string of the molecule is Cc1cc(C)cc(OCC(=O)NC(C)(C)C(=O)O)c1. The van der Waals surface area contributed by atoms with E-state index in [0.29, 0.717) is 5.75 Å². The zero-order chi connectivity index (χ0) is 14.6. The summed E-state index contributed by atoms with van der Waals surface area (Å²) in [6, 6.07) is 5.64. The summed E-state index contributed by atoms with van der Waals surface area (Å²) in [5.74, 6) is -0.959. The minimum atomic E-state index is -1.30. The maximum Gasteiger partial charge on any atom is 0.328 e. The summed E-state index contributed by atoms with van der Waals surface area (Å²) in [5.41, 5.74) is 0.783. The Bertz CT molecular complexity index is 474. The minimum Gasteiger partial charge on any atom is -0.484 e. The third-order valence-electron chi connectivity index (χ3n) is 2.55. The van der Waals surface area contributed by atoms with Gasteiger partial charge < -0.3 is 15.2 Å². The number of aliphatic carboxylic acids is 1. The molecule has 0 aliphatic rings. The van der Waals surface area contributed by atoms with Crippen LogP contribution < -0.4 is 10.1 Å². The van der Waals surface area contributed by atoms with E-state index < -0.39 is 17.4 Å². The molecule has 0 atom stereocenters. The number of ether oxygens (including phenoxy) is 1. The molecule has 1 amide bonds. The summed E-state index contributed by atoms with van der Waals surface area (Å²) in [4.78, 5) is 22.5. The number of carbonyl (C=O) groups excluding carboxylic acids is 1. The first-order valence-electron chi connectivity index (χ1n) is 5.96. The zero-order valence-corrected chi connectivity index (χ0v) is 11.6. The Morgan fingerprint density at radius 1 is 1.21 bits per heavy atom. The summed E-state index contributed by atoms with van der Waals surface area (Å²) in [6.07, 6.45) is 0. The summed E-state index contributed by atoms with van der Waals surface area (Å²) < 4.78 is 5.35. The molecule has 0 aromatic heterocycles. The third-order valence-corrected chi connectivity index (χ3v) is 2.55. The lowest BCUT2D eigenvalue weighted by molar-refractivity contribution is -0.146. The molecule has 0 spiro atoms. The van der Waals surface area contributed by atoms with Gasteiger partial charge in [0, 0.05) is 0 Å². The van der Waals surface area contributed by atoms with Crippen LogP contribution in [0.2, 0.25) is 0 Å². The van der Waals surface area contributed by atoms with E-state index in [-0.39, 0.29) is 6.61 Å². The molecule has 1 aromatic rings. The Morgan fingerprint density at radius 3 is 2.21 bits per heavy atom. The van der Waals surface area contributed by atoms with Crippen molar-refractivity contribution in [1.82, 2.24) is 5.32 Å². The highest BCUT2D eigenvalue weighted by Crippen LogP contribution is 2.16. The highest BCUT2D eigenvalue weighted by molar-refractivity contribution is 5.86. The van der Waals surface area contributed by atoms with Gasteiger partial charge in [-0.05, 0) is 51.0 Å². The lowest BCUT2D eigenvalue weighted by atomic mass is 10.1. The fourth-order valence-electron chi connectivity index (χ4n) is 1.60. The Balaban J connectivity index is 2.57. The first-order valence-corrected chi connectivity index (χ1v) is 5.96. The van der Waals surface area contributed by atoms with Crippen molar-refractivity contribution in [2.24, 2.45) is 0 Å². The van der Waals surface area contributed by atoms with Crippen LogP contribution in [0.15, 0.2) is 18.2 Å². The van der Waals surface area contributed by atoms with E-state index in [0.717, 1.165) is 11.1 Å². The van der Waals surface area contributed by atoms with Crippen LogP contribution in [0.3, 0.4) is 0 Å². The van der Waals surface area contributed by atoms with E-state index in [4.69, 9.17) is 9.84 Å². The number of carbonyl (C=O) groups is 2. The number of carboxylic acid groups (broad SMARTS) is 1. The van der Waals surface area contributed by atoms with Crippen LogP contribution in [0.25, 0.3) is 0 Å². The van der Waals surface area contributed by atoms with Gasteiger partial charge in [0.1, 0.15) is 11.3 Å². The van der Waals surface area contributed by atoms with Crippen molar-refractivity contribution in [3.05, 3.63) is 29.3 Å². The molecule has 19 heavy (non-hydrogen) atoms. The number of amides is 1. The largest absolute Gasteiger partial charge is 0.484 e. The van der Waals surface area contributed by atoms with Crippen LogP contribution in [0.5, 0.6) is 5.75 Å². The second kappa shape index (κ2) is 5.73. The Labute approximate surface area is 112 Å². The van der Waals surface area contributed by atoms with Gasteiger partial charge in [-0.2, -0.15) is 0 Å². The molecule has 5 heteroatoms. The van der Waals surface area contributed by atoms with E-state index in [1.54, 1.807) is 0 Å². The van der Waals surface area contributed by atoms with Gasteiger partial charge in [0.2, 0.25) is 0 Å². The molecule has 5 nitrogen and oxygen atoms in total. The molecule has 104 valence electrons. The molecule has 0 radical (unpaired) electrons. The molecule has 0 unspecified atom stereocenters. The molecule has 0 saturated heterocycles. The molecule has 2 N–H and O–H groups in total. The molecular formula is C14H19NO4.